The monoisotopic (exact) mass is 340 g/mol. The third-order valence-corrected chi connectivity index (χ3v) is 3.92. The molecule has 0 radical (unpaired) electrons. The first-order valence-electron chi connectivity index (χ1n) is 8.27. The zero-order valence-corrected chi connectivity index (χ0v) is 15.1. The number of likely N-dealkylation sites (N-methyl/N-ethyl adjacent to an activating group) is 1. The van der Waals surface area contributed by atoms with Crippen molar-refractivity contribution >= 4 is 17.3 Å². The zero-order valence-electron chi connectivity index (χ0n) is 15.1. The molecule has 0 saturated heterocycles. The number of azo groups is 1. The average molecular weight is 340 g/mol. The van der Waals surface area contributed by atoms with Gasteiger partial charge < -0.3 is 14.5 Å². The summed E-state index contributed by atoms with van der Waals surface area (Å²) in [5.74, 6) is -0.523. The summed E-state index contributed by atoms with van der Waals surface area (Å²) in [6, 6.07) is 7.78. The van der Waals surface area contributed by atoms with Crippen LogP contribution in [0.4, 0.5) is 11.4 Å². The maximum absolute atomic E-state index is 12.1. The lowest BCUT2D eigenvalue weighted by molar-refractivity contribution is -0.136. The number of ether oxygens (including phenoxy) is 1. The van der Waals surface area contributed by atoms with Crippen molar-refractivity contribution in [3.05, 3.63) is 60.1 Å². The van der Waals surface area contributed by atoms with Crippen LogP contribution in [-0.2, 0) is 9.53 Å². The standard InChI is InChI=1S/C19H24N4O2/c1-5-23(6-2)16-12-10-15(11-13-16)20-21-18(19(24)25-4)17-9-7-8-14-22(17)3/h7-14H,5-6H2,1-4H3/b18-17-,21-20?. The lowest BCUT2D eigenvalue weighted by atomic mass is 10.2. The highest BCUT2D eigenvalue weighted by Gasteiger charge is 2.18. The van der Waals surface area contributed by atoms with E-state index in [-0.39, 0.29) is 5.70 Å². The molecule has 0 saturated carbocycles. The van der Waals surface area contributed by atoms with Crippen LogP contribution in [0.3, 0.4) is 0 Å². The maximum Gasteiger partial charge on any atom is 0.360 e. The number of rotatable bonds is 6. The van der Waals surface area contributed by atoms with Gasteiger partial charge in [0.05, 0.1) is 18.5 Å². The number of nitrogens with zero attached hydrogens (tertiary/aromatic N) is 4. The molecular formula is C19H24N4O2. The van der Waals surface area contributed by atoms with E-state index in [9.17, 15) is 4.79 Å². The Bertz CT molecular complexity index is 713. The van der Waals surface area contributed by atoms with E-state index in [1.807, 2.05) is 49.7 Å². The molecule has 0 aliphatic carbocycles. The van der Waals surface area contributed by atoms with Crippen LogP contribution in [-0.4, -0.2) is 38.1 Å². The van der Waals surface area contributed by atoms with Crippen LogP contribution in [0, 0.1) is 0 Å². The summed E-state index contributed by atoms with van der Waals surface area (Å²) in [7, 11) is 3.17. The van der Waals surface area contributed by atoms with Crippen LogP contribution in [0.5, 0.6) is 0 Å². The molecule has 0 unspecified atom stereocenters. The van der Waals surface area contributed by atoms with Gasteiger partial charge in [0.1, 0.15) is 0 Å². The predicted octanol–water partition coefficient (Wildman–Crippen LogP) is 4.02. The zero-order chi connectivity index (χ0) is 18.2. The fourth-order valence-corrected chi connectivity index (χ4v) is 2.49. The quantitative estimate of drug-likeness (QED) is 0.446. The van der Waals surface area contributed by atoms with Crippen molar-refractivity contribution in [1.82, 2.24) is 4.90 Å². The normalized spacial score (nSPS) is 15.6. The van der Waals surface area contributed by atoms with Gasteiger partial charge in [-0.1, -0.05) is 6.08 Å². The number of allylic oxidation sites excluding steroid dienone is 3. The average Bonchev–Trinajstić information content (AvgIpc) is 2.65. The summed E-state index contributed by atoms with van der Waals surface area (Å²) in [5.41, 5.74) is 2.61. The fraction of sp³-hybridized carbons (Fsp3) is 0.316. The molecule has 2 rings (SSSR count). The van der Waals surface area contributed by atoms with E-state index in [0.29, 0.717) is 11.4 Å². The Kier molecular flexibility index (Phi) is 6.51. The van der Waals surface area contributed by atoms with Crippen LogP contribution in [0.25, 0.3) is 0 Å². The number of hydrogen-bond donors (Lipinski definition) is 0. The first kappa shape index (κ1) is 18.4. The van der Waals surface area contributed by atoms with Crippen molar-refractivity contribution in [1.29, 1.82) is 0 Å². The highest BCUT2D eigenvalue weighted by atomic mass is 16.5. The third-order valence-electron chi connectivity index (χ3n) is 3.92. The minimum absolute atomic E-state index is 0.165. The van der Waals surface area contributed by atoms with Crippen molar-refractivity contribution in [2.45, 2.75) is 13.8 Å². The highest BCUT2D eigenvalue weighted by Crippen LogP contribution is 2.23. The molecule has 0 atom stereocenters. The molecule has 0 bridgehead atoms. The van der Waals surface area contributed by atoms with Gasteiger partial charge in [-0.15, -0.1) is 5.11 Å². The molecule has 1 aromatic carbocycles. The Morgan fingerprint density at radius 2 is 1.84 bits per heavy atom. The highest BCUT2D eigenvalue weighted by molar-refractivity contribution is 5.89. The second kappa shape index (κ2) is 8.82. The molecule has 1 aliphatic heterocycles. The van der Waals surface area contributed by atoms with Gasteiger partial charge in [0.2, 0.25) is 0 Å². The van der Waals surface area contributed by atoms with E-state index in [0.717, 1.165) is 18.8 Å². The molecule has 25 heavy (non-hydrogen) atoms. The van der Waals surface area contributed by atoms with Crippen molar-refractivity contribution in [3.63, 3.8) is 0 Å². The largest absolute Gasteiger partial charge is 0.464 e. The number of hydrogen-bond acceptors (Lipinski definition) is 6. The van der Waals surface area contributed by atoms with E-state index in [1.54, 1.807) is 11.0 Å². The van der Waals surface area contributed by atoms with Gasteiger partial charge in [0.25, 0.3) is 0 Å². The summed E-state index contributed by atoms with van der Waals surface area (Å²) in [6.45, 7) is 6.13. The smallest absolute Gasteiger partial charge is 0.360 e. The van der Waals surface area contributed by atoms with Crippen LogP contribution in [0.1, 0.15) is 13.8 Å². The first-order valence-corrected chi connectivity index (χ1v) is 8.27. The summed E-state index contributed by atoms with van der Waals surface area (Å²) < 4.78 is 4.84. The number of carbonyl (C=O) groups is 1. The SMILES string of the molecule is CCN(CC)c1ccc(N=N/C(C(=O)OC)=C2/C=CC=CN2C)cc1. The predicted molar refractivity (Wildman–Crippen MR) is 99.6 cm³/mol. The number of benzene rings is 1. The number of anilines is 1. The number of esters is 1. The second-order valence-corrected chi connectivity index (χ2v) is 5.43. The van der Waals surface area contributed by atoms with E-state index in [2.05, 4.69) is 29.0 Å². The van der Waals surface area contributed by atoms with Crippen molar-refractivity contribution < 1.29 is 9.53 Å². The van der Waals surface area contributed by atoms with Crippen LogP contribution in [0.15, 0.2) is 70.3 Å². The molecule has 6 nitrogen and oxygen atoms in total. The van der Waals surface area contributed by atoms with Crippen molar-refractivity contribution in [3.8, 4) is 0 Å². The van der Waals surface area contributed by atoms with Crippen LogP contribution in [0.2, 0.25) is 0 Å². The molecule has 1 aliphatic rings. The van der Waals surface area contributed by atoms with Gasteiger partial charge in [0, 0.05) is 32.0 Å². The van der Waals surface area contributed by atoms with Gasteiger partial charge >= 0.3 is 5.97 Å². The summed E-state index contributed by atoms with van der Waals surface area (Å²) >= 11 is 0. The van der Waals surface area contributed by atoms with E-state index in [4.69, 9.17) is 4.74 Å². The molecule has 0 fully saturated rings. The maximum atomic E-state index is 12.1. The van der Waals surface area contributed by atoms with Crippen molar-refractivity contribution in [2.75, 3.05) is 32.1 Å². The Morgan fingerprint density at radius 1 is 1.16 bits per heavy atom. The Hall–Kier alpha value is -2.89. The van der Waals surface area contributed by atoms with E-state index < -0.39 is 5.97 Å². The summed E-state index contributed by atoms with van der Waals surface area (Å²) in [5, 5.41) is 8.34. The molecule has 0 spiro atoms. The van der Waals surface area contributed by atoms with E-state index >= 15 is 0 Å². The van der Waals surface area contributed by atoms with Crippen LogP contribution < -0.4 is 4.90 Å². The molecule has 6 heteroatoms. The topological polar surface area (TPSA) is 57.5 Å². The minimum atomic E-state index is -0.523. The van der Waals surface area contributed by atoms with Gasteiger partial charge in [-0.3, -0.25) is 0 Å². The molecule has 0 amide bonds. The van der Waals surface area contributed by atoms with Gasteiger partial charge in [-0.2, -0.15) is 5.11 Å². The summed E-state index contributed by atoms with van der Waals surface area (Å²) in [4.78, 5) is 16.1. The molecule has 132 valence electrons. The Labute approximate surface area is 148 Å². The third kappa shape index (κ3) is 4.56. The van der Waals surface area contributed by atoms with Gasteiger partial charge in [-0.25, -0.2) is 4.79 Å². The fourth-order valence-electron chi connectivity index (χ4n) is 2.49. The number of carbonyl (C=O) groups excluding carboxylic acids is 1. The van der Waals surface area contributed by atoms with E-state index in [1.165, 1.54) is 7.11 Å². The Balaban J connectivity index is 2.27. The van der Waals surface area contributed by atoms with Gasteiger partial charge in [0.15, 0.2) is 5.70 Å². The molecule has 1 aromatic rings. The summed E-state index contributed by atoms with van der Waals surface area (Å²) in [6.07, 6.45) is 7.36. The Morgan fingerprint density at radius 3 is 2.40 bits per heavy atom. The lowest BCUT2D eigenvalue weighted by Crippen LogP contribution is -2.21. The van der Waals surface area contributed by atoms with Crippen molar-refractivity contribution in [2.24, 2.45) is 10.2 Å². The molecule has 1 heterocycles. The molecule has 0 aromatic heterocycles. The molecule has 0 N–H and O–H groups in total. The first-order chi connectivity index (χ1) is 12.1. The minimum Gasteiger partial charge on any atom is -0.464 e. The molecular weight excluding hydrogens is 316 g/mol. The number of methoxy groups -OCH3 is 1. The second-order valence-electron chi connectivity index (χ2n) is 5.43. The lowest BCUT2D eigenvalue weighted by Gasteiger charge is -2.20. The van der Waals surface area contributed by atoms with Crippen LogP contribution >= 0.6 is 0 Å². The van der Waals surface area contributed by atoms with Gasteiger partial charge in [-0.05, 0) is 50.3 Å².